The Balaban J connectivity index is 2.34. The number of rotatable bonds is 3. The molecule has 0 aromatic heterocycles. The highest BCUT2D eigenvalue weighted by Crippen LogP contribution is 2.31. The normalized spacial score (nSPS) is 10.2. The van der Waals surface area contributed by atoms with E-state index in [0.717, 1.165) is 16.9 Å². The molecule has 0 aliphatic rings. The van der Waals surface area contributed by atoms with Crippen LogP contribution in [-0.2, 0) is 0 Å². The van der Waals surface area contributed by atoms with Gasteiger partial charge in [-0.1, -0.05) is 12.1 Å². The Morgan fingerprint density at radius 1 is 1.11 bits per heavy atom. The van der Waals surface area contributed by atoms with Crippen LogP contribution in [0.15, 0.2) is 36.4 Å². The number of carbonyl (C=O) groups excluding carboxylic acids is 1. The second kappa shape index (κ2) is 5.02. The van der Waals surface area contributed by atoms with Crippen molar-refractivity contribution in [3.8, 4) is 11.5 Å². The van der Waals surface area contributed by atoms with E-state index in [1.54, 1.807) is 12.1 Å². The van der Waals surface area contributed by atoms with Gasteiger partial charge in [0.15, 0.2) is 0 Å². The third-order valence-corrected chi connectivity index (χ3v) is 3.07. The molecular formula is C15H16N2O2. The summed E-state index contributed by atoms with van der Waals surface area (Å²) in [5.74, 6) is 0.752. The highest BCUT2D eigenvalue weighted by atomic mass is 16.5. The summed E-state index contributed by atoms with van der Waals surface area (Å²) in [6.45, 7) is 4.00. The molecule has 0 fully saturated rings. The minimum absolute atomic E-state index is 0.366. The van der Waals surface area contributed by atoms with Gasteiger partial charge in [-0.3, -0.25) is 4.79 Å². The topological polar surface area (TPSA) is 78.3 Å². The second-order valence-electron chi connectivity index (χ2n) is 4.42. The number of primary amides is 1. The lowest BCUT2D eigenvalue weighted by molar-refractivity contribution is 0.100. The predicted octanol–water partition coefficient (Wildman–Crippen LogP) is 2.78. The van der Waals surface area contributed by atoms with Gasteiger partial charge in [0.1, 0.15) is 11.5 Å². The highest BCUT2D eigenvalue weighted by molar-refractivity contribution is 5.94. The Labute approximate surface area is 112 Å². The molecule has 4 N–H and O–H groups in total. The summed E-state index contributed by atoms with van der Waals surface area (Å²) in [6.07, 6.45) is 0. The molecular weight excluding hydrogens is 240 g/mol. The molecule has 0 saturated heterocycles. The van der Waals surface area contributed by atoms with Crippen molar-refractivity contribution in [2.45, 2.75) is 13.8 Å². The van der Waals surface area contributed by atoms with Gasteiger partial charge in [-0.25, -0.2) is 0 Å². The molecule has 0 saturated carbocycles. The maximum absolute atomic E-state index is 11.0. The monoisotopic (exact) mass is 256 g/mol. The van der Waals surface area contributed by atoms with Gasteiger partial charge in [-0.2, -0.15) is 0 Å². The first kappa shape index (κ1) is 13.0. The zero-order chi connectivity index (χ0) is 14.0. The van der Waals surface area contributed by atoms with E-state index in [-0.39, 0.29) is 0 Å². The predicted molar refractivity (Wildman–Crippen MR) is 75.4 cm³/mol. The molecule has 0 unspecified atom stereocenters. The molecule has 0 radical (unpaired) electrons. The zero-order valence-electron chi connectivity index (χ0n) is 10.9. The molecule has 2 aromatic rings. The third kappa shape index (κ3) is 2.68. The highest BCUT2D eigenvalue weighted by Gasteiger charge is 2.08. The number of ether oxygens (including phenoxy) is 1. The lowest BCUT2D eigenvalue weighted by atomic mass is 10.1. The molecule has 2 aromatic carbocycles. The molecule has 0 heterocycles. The van der Waals surface area contributed by atoms with Crippen LogP contribution in [0.3, 0.4) is 0 Å². The zero-order valence-corrected chi connectivity index (χ0v) is 10.9. The number of aryl methyl sites for hydroxylation is 1. The van der Waals surface area contributed by atoms with Gasteiger partial charge in [0.05, 0.1) is 5.69 Å². The SMILES string of the molecule is Cc1cccc(Oc2ccc(C(N)=O)cc2N)c1C. The number of carbonyl (C=O) groups is 1. The van der Waals surface area contributed by atoms with Crippen LogP contribution in [0.25, 0.3) is 0 Å². The van der Waals surface area contributed by atoms with Crippen LogP contribution in [-0.4, -0.2) is 5.91 Å². The fourth-order valence-corrected chi connectivity index (χ4v) is 1.75. The third-order valence-electron chi connectivity index (χ3n) is 3.07. The average molecular weight is 256 g/mol. The number of benzene rings is 2. The van der Waals surface area contributed by atoms with Crippen LogP contribution >= 0.6 is 0 Å². The lowest BCUT2D eigenvalue weighted by Crippen LogP contribution is -2.11. The second-order valence-corrected chi connectivity index (χ2v) is 4.42. The van der Waals surface area contributed by atoms with Gasteiger partial charge in [0.2, 0.25) is 5.91 Å². The minimum atomic E-state index is -0.509. The van der Waals surface area contributed by atoms with Crippen LogP contribution in [0, 0.1) is 13.8 Å². The molecule has 0 aliphatic heterocycles. The van der Waals surface area contributed by atoms with Gasteiger partial charge in [0.25, 0.3) is 0 Å². The van der Waals surface area contributed by atoms with E-state index in [2.05, 4.69) is 0 Å². The van der Waals surface area contributed by atoms with Crippen LogP contribution in [0.1, 0.15) is 21.5 Å². The molecule has 2 rings (SSSR count). The average Bonchev–Trinajstić information content (AvgIpc) is 2.37. The maximum Gasteiger partial charge on any atom is 0.248 e. The molecule has 0 bridgehead atoms. The summed E-state index contributed by atoms with van der Waals surface area (Å²) >= 11 is 0. The van der Waals surface area contributed by atoms with Crippen molar-refractivity contribution in [2.75, 3.05) is 5.73 Å². The van der Waals surface area contributed by atoms with E-state index in [1.165, 1.54) is 6.07 Å². The Morgan fingerprint density at radius 3 is 2.47 bits per heavy atom. The molecule has 19 heavy (non-hydrogen) atoms. The molecule has 1 amide bonds. The number of nitrogens with two attached hydrogens (primary N) is 2. The molecule has 4 nitrogen and oxygen atoms in total. The summed E-state index contributed by atoms with van der Waals surface area (Å²) in [7, 11) is 0. The Hall–Kier alpha value is -2.49. The van der Waals surface area contributed by atoms with E-state index in [4.69, 9.17) is 16.2 Å². The van der Waals surface area contributed by atoms with Gasteiger partial charge in [-0.15, -0.1) is 0 Å². The van der Waals surface area contributed by atoms with E-state index >= 15 is 0 Å². The fraction of sp³-hybridized carbons (Fsp3) is 0.133. The van der Waals surface area contributed by atoms with E-state index in [1.807, 2.05) is 32.0 Å². The van der Waals surface area contributed by atoms with E-state index < -0.39 is 5.91 Å². The van der Waals surface area contributed by atoms with Crippen LogP contribution in [0.4, 0.5) is 5.69 Å². The summed E-state index contributed by atoms with van der Waals surface area (Å²) in [5.41, 5.74) is 14.0. The number of nitrogen functional groups attached to an aromatic ring is 1. The van der Waals surface area contributed by atoms with Crippen molar-refractivity contribution < 1.29 is 9.53 Å². The Kier molecular flexibility index (Phi) is 3.42. The van der Waals surface area contributed by atoms with E-state index in [0.29, 0.717) is 17.0 Å². The summed E-state index contributed by atoms with van der Waals surface area (Å²) < 4.78 is 5.78. The number of hydrogen-bond acceptors (Lipinski definition) is 3. The molecule has 0 spiro atoms. The Bertz CT molecular complexity index is 636. The quantitative estimate of drug-likeness (QED) is 0.829. The molecule has 98 valence electrons. The van der Waals surface area contributed by atoms with Crippen molar-refractivity contribution in [2.24, 2.45) is 5.73 Å². The maximum atomic E-state index is 11.0. The van der Waals surface area contributed by atoms with Crippen molar-refractivity contribution in [3.63, 3.8) is 0 Å². The number of anilines is 1. The largest absolute Gasteiger partial charge is 0.455 e. The fourth-order valence-electron chi connectivity index (χ4n) is 1.75. The molecule has 4 heteroatoms. The van der Waals surface area contributed by atoms with Gasteiger partial charge >= 0.3 is 0 Å². The van der Waals surface area contributed by atoms with Crippen molar-refractivity contribution in [1.29, 1.82) is 0 Å². The van der Waals surface area contributed by atoms with Gasteiger partial charge in [0, 0.05) is 5.56 Å². The summed E-state index contributed by atoms with van der Waals surface area (Å²) in [5, 5.41) is 0. The standard InChI is InChI=1S/C15H16N2O2/c1-9-4-3-5-13(10(9)2)19-14-7-6-11(15(17)18)8-12(14)16/h3-8H,16H2,1-2H3,(H2,17,18). The minimum Gasteiger partial charge on any atom is -0.455 e. The van der Waals surface area contributed by atoms with Crippen LogP contribution in [0.5, 0.6) is 11.5 Å². The summed E-state index contributed by atoms with van der Waals surface area (Å²) in [6, 6.07) is 10.6. The van der Waals surface area contributed by atoms with Crippen molar-refractivity contribution in [1.82, 2.24) is 0 Å². The number of amides is 1. The van der Waals surface area contributed by atoms with Crippen LogP contribution in [0.2, 0.25) is 0 Å². The number of hydrogen-bond donors (Lipinski definition) is 2. The van der Waals surface area contributed by atoms with Gasteiger partial charge in [-0.05, 0) is 49.2 Å². The first-order valence-electron chi connectivity index (χ1n) is 5.92. The van der Waals surface area contributed by atoms with Gasteiger partial charge < -0.3 is 16.2 Å². The Morgan fingerprint density at radius 2 is 1.84 bits per heavy atom. The first-order chi connectivity index (χ1) is 8.99. The smallest absolute Gasteiger partial charge is 0.248 e. The van der Waals surface area contributed by atoms with E-state index in [9.17, 15) is 4.79 Å². The molecule has 0 aliphatic carbocycles. The first-order valence-corrected chi connectivity index (χ1v) is 5.92. The van der Waals surface area contributed by atoms with Crippen molar-refractivity contribution >= 4 is 11.6 Å². The summed E-state index contributed by atoms with van der Waals surface area (Å²) in [4.78, 5) is 11.0. The lowest BCUT2D eigenvalue weighted by Gasteiger charge is -2.12. The van der Waals surface area contributed by atoms with Crippen LogP contribution < -0.4 is 16.2 Å². The van der Waals surface area contributed by atoms with Crippen molar-refractivity contribution in [3.05, 3.63) is 53.1 Å². The molecule has 0 atom stereocenters.